The molecule has 4 heteroatoms. The molecule has 1 aromatic rings. The van der Waals surface area contributed by atoms with E-state index < -0.39 is 0 Å². The largest absolute Gasteiger partial charge is 0.317 e. The summed E-state index contributed by atoms with van der Waals surface area (Å²) in [6.07, 6.45) is 8.04. The van der Waals surface area contributed by atoms with Gasteiger partial charge in [-0.15, -0.1) is 0 Å². The van der Waals surface area contributed by atoms with Crippen LogP contribution in [0.3, 0.4) is 0 Å². The summed E-state index contributed by atoms with van der Waals surface area (Å²) in [6.45, 7) is 11.2. The van der Waals surface area contributed by atoms with Crippen molar-refractivity contribution < 1.29 is 0 Å². The highest BCUT2D eigenvalue weighted by Crippen LogP contribution is 2.18. The Hall–Kier alpha value is -0.870. The number of aryl methyl sites for hydroxylation is 1. The molecule has 0 unspecified atom stereocenters. The Labute approximate surface area is 117 Å². The molecule has 1 N–H and O–H groups in total. The van der Waals surface area contributed by atoms with Gasteiger partial charge in [0.2, 0.25) is 0 Å². The summed E-state index contributed by atoms with van der Waals surface area (Å²) in [7, 11) is 0. The van der Waals surface area contributed by atoms with Crippen molar-refractivity contribution in [3.05, 3.63) is 18.0 Å². The van der Waals surface area contributed by atoms with E-state index in [1.54, 1.807) is 0 Å². The topological polar surface area (TPSA) is 33.1 Å². The number of aromatic nitrogens is 2. The molecule has 1 fully saturated rings. The van der Waals surface area contributed by atoms with Crippen LogP contribution in [0.5, 0.6) is 0 Å². The van der Waals surface area contributed by atoms with Crippen LogP contribution in [0.1, 0.15) is 38.7 Å². The van der Waals surface area contributed by atoms with Gasteiger partial charge in [-0.05, 0) is 51.4 Å². The van der Waals surface area contributed by atoms with Gasteiger partial charge in [0.15, 0.2) is 0 Å². The van der Waals surface area contributed by atoms with E-state index in [2.05, 4.69) is 40.0 Å². The predicted octanol–water partition coefficient (Wildman–Crippen LogP) is 2.11. The summed E-state index contributed by atoms with van der Waals surface area (Å²) >= 11 is 0. The van der Waals surface area contributed by atoms with Gasteiger partial charge in [0.05, 0.1) is 6.20 Å². The van der Waals surface area contributed by atoms with Crippen molar-refractivity contribution >= 4 is 0 Å². The third kappa shape index (κ3) is 4.62. The van der Waals surface area contributed by atoms with E-state index in [-0.39, 0.29) is 0 Å². The molecule has 2 heterocycles. The highest BCUT2D eigenvalue weighted by atomic mass is 15.3. The fourth-order valence-electron chi connectivity index (χ4n) is 2.79. The van der Waals surface area contributed by atoms with E-state index in [9.17, 15) is 0 Å². The summed E-state index contributed by atoms with van der Waals surface area (Å²) in [6, 6.07) is 0. The van der Waals surface area contributed by atoms with Crippen LogP contribution < -0.4 is 5.32 Å². The van der Waals surface area contributed by atoms with Crippen LogP contribution in [0.25, 0.3) is 0 Å². The summed E-state index contributed by atoms with van der Waals surface area (Å²) in [4.78, 5) is 2.57. The Morgan fingerprint density at radius 2 is 2.11 bits per heavy atom. The Morgan fingerprint density at radius 3 is 2.79 bits per heavy atom. The fraction of sp³-hybridized carbons (Fsp3) is 0.800. The van der Waals surface area contributed by atoms with Crippen molar-refractivity contribution in [1.29, 1.82) is 0 Å². The number of nitrogens with zero attached hydrogens (tertiary/aromatic N) is 3. The average molecular weight is 264 g/mol. The second kappa shape index (κ2) is 7.65. The van der Waals surface area contributed by atoms with Crippen LogP contribution in [-0.4, -0.2) is 40.9 Å². The summed E-state index contributed by atoms with van der Waals surface area (Å²) in [5.41, 5.74) is 1.36. The van der Waals surface area contributed by atoms with Crippen LogP contribution in [0.2, 0.25) is 0 Å². The molecule has 0 atom stereocenters. The van der Waals surface area contributed by atoms with Gasteiger partial charge in [-0.2, -0.15) is 5.10 Å². The van der Waals surface area contributed by atoms with Crippen molar-refractivity contribution in [3.63, 3.8) is 0 Å². The van der Waals surface area contributed by atoms with Gasteiger partial charge in [0, 0.05) is 24.8 Å². The molecule has 1 aliphatic heterocycles. The Kier molecular flexibility index (Phi) is 5.86. The third-order valence-electron chi connectivity index (χ3n) is 3.94. The SMILES string of the molecule is CCCn1cc(CN2CCC(CNCC)CC2)cn1. The zero-order valence-electron chi connectivity index (χ0n) is 12.4. The quantitative estimate of drug-likeness (QED) is 0.819. The number of rotatable bonds is 7. The first-order valence-electron chi connectivity index (χ1n) is 7.76. The van der Waals surface area contributed by atoms with E-state index in [1.165, 1.54) is 38.0 Å². The van der Waals surface area contributed by atoms with Gasteiger partial charge in [-0.3, -0.25) is 9.58 Å². The second-order valence-electron chi connectivity index (χ2n) is 5.64. The highest BCUT2D eigenvalue weighted by molar-refractivity contribution is 5.03. The van der Waals surface area contributed by atoms with Gasteiger partial charge in [-0.25, -0.2) is 0 Å². The lowest BCUT2D eigenvalue weighted by Gasteiger charge is -2.31. The third-order valence-corrected chi connectivity index (χ3v) is 3.94. The van der Waals surface area contributed by atoms with E-state index in [4.69, 9.17) is 0 Å². The van der Waals surface area contributed by atoms with E-state index in [0.717, 1.165) is 32.0 Å². The fourth-order valence-corrected chi connectivity index (χ4v) is 2.79. The van der Waals surface area contributed by atoms with E-state index in [1.807, 2.05) is 6.20 Å². The molecular formula is C15H28N4. The Balaban J connectivity index is 1.72. The van der Waals surface area contributed by atoms with Crippen LogP contribution in [0, 0.1) is 5.92 Å². The van der Waals surface area contributed by atoms with Crippen LogP contribution in [-0.2, 0) is 13.1 Å². The second-order valence-corrected chi connectivity index (χ2v) is 5.64. The first-order chi connectivity index (χ1) is 9.31. The number of hydrogen-bond donors (Lipinski definition) is 1. The van der Waals surface area contributed by atoms with E-state index >= 15 is 0 Å². The summed E-state index contributed by atoms with van der Waals surface area (Å²) in [5.74, 6) is 0.874. The molecule has 0 bridgehead atoms. The number of likely N-dealkylation sites (tertiary alicyclic amines) is 1. The van der Waals surface area contributed by atoms with Crippen molar-refractivity contribution in [2.45, 2.75) is 46.2 Å². The molecule has 0 radical (unpaired) electrons. The molecule has 108 valence electrons. The molecule has 0 spiro atoms. The summed E-state index contributed by atoms with van der Waals surface area (Å²) < 4.78 is 2.06. The van der Waals surface area contributed by atoms with Gasteiger partial charge in [0.1, 0.15) is 0 Å². The molecule has 2 rings (SSSR count). The first kappa shape index (κ1) is 14.5. The molecular weight excluding hydrogens is 236 g/mol. The number of hydrogen-bond acceptors (Lipinski definition) is 3. The molecule has 0 aromatic carbocycles. The molecule has 0 aliphatic carbocycles. The minimum Gasteiger partial charge on any atom is -0.317 e. The van der Waals surface area contributed by atoms with Gasteiger partial charge in [0.25, 0.3) is 0 Å². The lowest BCUT2D eigenvalue weighted by atomic mass is 9.96. The highest BCUT2D eigenvalue weighted by Gasteiger charge is 2.19. The number of piperidine rings is 1. The van der Waals surface area contributed by atoms with Crippen LogP contribution in [0.4, 0.5) is 0 Å². The van der Waals surface area contributed by atoms with Crippen molar-refractivity contribution in [2.75, 3.05) is 26.2 Å². The maximum Gasteiger partial charge on any atom is 0.0534 e. The minimum atomic E-state index is 0.874. The standard InChI is InChI=1S/C15H28N4/c1-3-7-19-13-15(11-17-19)12-18-8-5-14(6-9-18)10-16-4-2/h11,13-14,16H,3-10,12H2,1-2H3. The molecule has 0 saturated carbocycles. The zero-order valence-corrected chi connectivity index (χ0v) is 12.4. The number of nitrogens with one attached hydrogen (secondary N) is 1. The molecule has 1 saturated heterocycles. The van der Waals surface area contributed by atoms with Crippen molar-refractivity contribution in [2.24, 2.45) is 5.92 Å². The van der Waals surface area contributed by atoms with Gasteiger partial charge >= 0.3 is 0 Å². The average Bonchev–Trinajstić information content (AvgIpc) is 2.86. The molecule has 1 aliphatic rings. The van der Waals surface area contributed by atoms with E-state index in [0.29, 0.717) is 0 Å². The maximum absolute atomic E-state index is 4.41. The molecule has 0 amide bonds. The Bertz CT molecular complexity index is 353. The van der Waals surface area contributed by atoms with Crippen molar-refractivity contribution in [3.8, 4) is 0 Å². The smallest absolute Gasteiger partial charge is 0.0534 e. The first-order valence-corrected chi connectivity index (χ1v) is 7.76. The monoisotopic (exact) mass is 264 g/mol. The van der Waals surface area contributed by atoms with Gasteiger partial charge < -0.3 is 5.32 Å². The molecule has 19 heavy (non-hydrogen) atoms. The van der Waals surface area contributed by atoms with Crippen LogP contribution >= 0.6 is 0 Å². The zero-order chi connectivity index (χ0) is 13.5. The molecule has 4 nitrogen and oxygen atoms in total. The molecule has 1 aromatic heterocycles. The minimum absolute atomic E-state index is 0.874. The van der Waals surface area contributed by atoms with Gasteiger partial charge in [-0.1, -0.05) is 13.8 Å². The van der Waals surface area contributed by atoms with Crippen LogP contribution in [0.15, 0.2) is 12.4 Å². The lowest BCUT2D eigenvalue weighted by Crippen LogP contribution is -2.36. The normalized spacial score (nSPS) is 18.0. The maximum atomic E-state index is 4.41. The summed E-state index contributed by atoms with van der Waals surface area (Å²) in [5, 5.41) is 7.87. The Morgan fingerprint density at radius 1 is 1.32 bits per heavy atom. The predicted molar refractivity (Wildman–Crippen MR) is 79.1 cm³/mol. The lowest BCUT2D eigenvalue weighted by molar-refractivity contribution is 0.176. The van der Waals surface area contributed by atoms with Crippen molar-refractivity contribution in [1.82, 2.24) is 20.0 Å².